The lowest BCUT2D eigenvalue weighted by atomic mass is 10.2. The third-order valence-corrected chi connectivity index (χ3v) is 3.82. The van der Waals surface area contributed by atoms with Crippen molar-refractivity contribution in [3.8, 4) is 0 Å². The molecule has 2 rings (SSSR count). The van der Waals surface area contributed by atoms with E-state index in [1.54, 1.807) is 0 Å². The Morgan fingerprint density at radius 3 is 2.68 bits per heavy atom. The third-order valence-electron chi connectivity index (χ3n) is 3.82. The standard InChI is InChI=1S/C17H27N3O2/c1-2-18-17(21)20-10-6-9-19(11-13-22-14-12-20)15-16-7-4-3-5-8-16/h3-5,7-8H,2,6,9-15H2,1H3,(H,18,21). The average molecular weight is 305 g/mol. The second-order valence-corrected chi connectivity index (χ2v) is 5.55. The van der Waals surface area contributed by atoms with Gasteiger partial charge in [-0.3, -0.25) is 4.90 Å². The Labute approximate surface area is 133 Å². The van der Waals surface area contributed by atoms with Crippen LogP contribution in [0.1, 0.15) is 18.9 Å². The first-order valence-corrected chi connectivity index (χ1v) is 8.16. The van der Waals surface area contributed by atoms with Crippen molar-refractivity contribution < 1.29 is 9.53 Å². The van der Waals surface area contributed by atoms with Crippen molar-refractivity contribution in [1.82, 2.24) is 15.1 Å². The predicted octanol–water partition coefficient (Wildman–Crippen LogP) is 1.94. The summed E-state index contributed by atoms with van der Waals surface area (Å²) in [5.41, 5.74) is 1.32. The van der Waals surface area contributed by atoms with Crippen LogP contribution in [0.25, 0.3) is 0 Å². The minimum Gasteiger partial charge on any atom is -0.378 e. The van der Waals surface area contributed by atoms with Crippen LogP contribution in [0.5, 0.6) is 0 Å². The maximum Gasteiger partial charge on any atom is 0.317 e. The fourth-order valence-corrected chi connectivity index (χ4v) is 2.65. The lowest BCUT2D eigenvalue weighted by Crippen LogP contribution is -2.44. The molecule has 5 nitrogen and oxygen atoms in total. The predicted molar refractivity (Wildman–Crippen MR) is 87.8 cm³/mol. The molecule has 1 aliphatic rings. The maximum absolute atomic E-state index is 12.0. The molecule has 1 aliphatic heterocycles. The molecule has 1 aromatic carbocycles. The molecule has 5 heteroatoms. The zero-order valence-corrected chi connectivity index (χ0v) is 13.5. The van der Waals surface area contributed by atoms with E-state index in [0.29, 0.717) is 19.7 Å². The summed E-state index contributed by atoms with van der Waals surface area (Å²) in [6.45, 7) is 8.24. The third kappa shape index (κ3) is 5.66. The van der Waals surface area contributed by atoms with Crippen molar-refractivity contribution >= 4 is 6.03 Å². The zero-order chi connectivity index (χ0) is 15.6. The molecule has 1 fully saturated rings. The summed E-state index contributed by atoms with van der Waals surface area (Å²) in [5, 5.41) is 2.87. The van der Waals surface area contributed by atoms with E-state index in [4.69, 9.17) is 4.74 Å². The Hall–Kier alpha value is -1.59. The molecular formula is C17H27N3O2. The van der Waals surface area contributed by atoms with Crippen molar-refractivity contribution in [2.45, 2.75) is 19.9 Å². The quantitative estimate of drug-likeness (QED) is 0.928. The number of urea groups is 1. The summed E-state index contributed by atoms with van der Waals surface area (Å²) in [7, 11) is 0. The highest BCUT2D eigenvalue weighted by molar-refractivity contribution is 5.74. The molecule has 0 radical (unpaired) electrons. The van der Waals surface area contributed by atoms with Crippen LogP contribution >= 0.6 is 0 Å². The number of hydrogen-bond acceptors (Lipinski definition) is 3. The van der Waals surface area contributed by atoms with Gasteiger partial charge in [0, 0.05) is 39.3 Å². The molecule has 0 aliphatic carbocycles. The first-order valence-electron chi connectivity index (χ1n) is 8.16. The highest BCUT2D eigenvalue weighted by Gasteiger charge is 2.15. The van der Waals surface area contributed by atoms with Crippen LogP contribution in [-0.4, -0.2) is 61.8 Å². The Bertz CT molecular complexity index is 439. The molecule has 0 unspecified atom stereocenters. The van der Waals surface area contributed by atoms with E-state index in [2.05, 4.69) is 34.5 Å². The number of ether oxygens (including phenoxy) is 1. The van der Waals surface area contributed by atoms with Gasteiger partial charge in [0.05, 0.1) is 13.2 Å². The summed E-state index contributed by atoms with van der Waals surface area (Å²) in [6, 6.07) is 10.5. The smallest absolute Gasteiger partial charge is 0.317 e. The van der Waals surface area contributed by atoms with Crippen LogP contribution in [0, 0.1) is 0 Å². The van der Waals surface area contributed by atoms with E-state index in [9.17, 15) is 4.79 Å². The Morgan fingerprint density at radius 2 is 1.91 bits per heavy atom. The van der Waals surface area contributed by atoms with Gasteiger partial charge in [0.15, 0.2) is 0 Å². The van der Waals surface area contributed by atoms with Gasteiger partial charge in [-0.05, 0) is 18.9 Å². The molecule has 2 amide bonds. The molecule has 0 bridgehead atoms. The summed E-state index contributed by atoms with van der Waals surface area (Å²) >= 11 is 0. The van der Waals surface area contributed by atoms with Gasteiger partial charge in [0.25, 0.3) is 0 Å². The highest BCUT2D eigenvalue weighted by atomic mass is 16.5. The van der Waals surface area contributed by atoms with E-state index < -0.39 is 0 Å². The van der Waals surface area contributed by atoms with Gasteiger partial charge in [0.1, 0.15) is 0 Å². The van der Waals surface area contributed by atoms with Crippen molar-refractivity contribution in [2.75, 3.05) is 45.9 Å². The van der Waals surface area contributed by atoms with Crippen LogP contribution in [0.15, 0.2) is 30.3 Å². The van der Waals surface area contributed by atoms with Gasteiger partial charge in [-0.15, -0.1) is 0 Å². The summed E-state index contributed by atoms with van der Waals surface area (Å²) in [4.78, 5) is 16.2. The largest absolute Gasteiger partial charge is 0.378 e. The normalized spacial score (nSPS) is 18.0. The summed E-state index contributed by atoms with van der Waals surface area (Å²) < 4.78 is 5.67. The Morgan fingerprint density at radius 1 is 1.14 bits per heavy atom. The molecule has 1 aromatic rings. The Balaban J connectivity index is 1.86. The number of carbonyl (C=O) groups is 1. The van der Waals surface area contributed by atoms with E-state index in [0.717, 1.165) is 39.2 Å². The van der Waals surface area contributed by atoms with Crippen LogP contribution in [0.2, 0.25) is 0 Å². The van der Waals surface area contributed by atoms with Gasteiger partial charge in [-0.1, -0.05) is 30.3 Å². The molecule has 1 N–H and O–H groups in total. The van der Waals surface area contributed by atoms with Crippen molar-refractivity contribution in [3.05, 3.63) is 35.9 Å². The first kappa shape index (κ1) is 16.8. The summed E-state index contributed by atoms with van der Waals surface area (Å²) in [5.74, 6) is 0. The topological polar surface area (TPSA) is 44.8 Å². The van der Waals surface area contributed by atoms with Gasteiger partial charge in [-0.2, -0.15) is 0 Å². The fourth-order valence-electron chi connectivity index (χ4n) is 2.65. The molecule has 0 saturated carbocycles. The summed E-state index contributed by atoms with van der Waals surface area (Å²) in [6.07, 6.45) is 0.990. The molecule has 1 heterocycles. The SMILES string of the molecule is CCNC(=O)N1CCCN(Cc2ccccc2)CCOCC1. The first-order chi connectivity index (χ1) is 10.8. The van der Waals surface area contributed by atoms with E-state index in [-0.39, 0.29) is 6.03 Å². The molecule has 0 aromatic heterocycles. The minimum atomic E-state index is 0.0151. The number of nitrogens with zero attached hydrogens (tertiary/aromatic N) is 2. The van der Waals surface area contributed by atoms with E-state index >= 15 is 0 Å². The van der Waals surface area contributed by atoms with Crippen molar-refractivity contribution in [3.63, 3.8) is 0 Å². The van der Waals surface area contributed by atoms with Crippen LogP contribution in [-0.2, 0) is 11.3 Å². The van der Waals surface area contributed by atoms with Gasteiger partial charge in [0.2, 0.25) is 0 Å². The van der Waals surface area contributed by atoms with Gasteiger partial charge in [-0.25, -0.2) is 4.79 Å². The zero-order valence-electron chi connectivity index (χ0n) is 13.5. The Kier molecular flexibility index (Phi) is 7.19. The monoisotopic (exact) mass is 305 g/mol. The maximum atomic E-state index is 12.0. The van der Waals surface area contributed by atoms with Crippen molar-refractivity contribution in [1.29, 1.82) is 0 Å². The second-order valence-electron chi connectivity index (χ2n) is 5.55. The molecule has 1 saturated heterocycles. The number of amides is 2. The van der Waals surface area contributed by atoms with Crippen LogP contribution in [0.4, 0.5) is 4.79 Å². The van der Waals surface area contributed by atoms with Gasteiger partial charge < -0.3 is 15.0 Å². The van der Waals surface area contributed by atoms with Crippen LogP contribution in [0.3, 0.4) is 0 Å². The number of rotatable bonds is 3. The van der Waals surface area contributed by atoms with Crippen LogP contribution < -0.4 is 5.32 Å². The molecule has 122 valence electrons. The molecular weight excluding hydrogens is 278 g/mol. The average Bonchev–Trinajstić information content (AvgIpc) is 2.54. The second kappa shape index (κ2) is 9.43. The number of carbonyl (C=O) groups excluding carboxylic acids is 1. The lowest BCUT2D eigenvalue weighted by molar-refractivity contribution is 0.0745. The number of hydrogen-bond donors (Lipinski definition) is 1. The molecule has 0 spiro atoms. The van der Waals surface area contributed by atoms with E-state index in [1.165, 1.54) is 5.56 Å². The molecule has 0 atom stereocenters. The minimum absolute atomic E-state index is 0.0151. The number of nitrogens with one attached hydrogen (secondary N) is 1. The number of benzene rings is 1. The highest BCUT2D eigenvalue weighted by Crippen LogP contribution is 2.07. The van der Waals surface area contributed by atoms with Crippen molar-refractivity contribution in [2.24, 2.45) is 0 Å². The molecule has 22 heavy (non-hydrogen) atoms. The van der Waals surface area contributed by atoms with Gasteiger partial charge >= 0.3 is 6.03 Å². The fraction of sp³-hybridized carbons (Fsp3) is 0.588. The van der Waals surface area contributed by atoms with E-state index in [1.807, 2.05) is 17.9 Å². The lowest BCUT2D eigenvalue weighted by Gasteiger charge is -2.28.